The number of rotatable bonds is 5. The van der Waals surface area contributed by atoms with Crippen molar-refractivity contribution in [1.82, 2.24) is 4.90 Å². The van der Waals surface area contributed by atoms with Crippen molar-refractivity contribution in [1.29, 1.82) is 0 Å². The lowest BCUT2D eigenvalue weighted by Gasteiger charge is -2.23. The summed E-state index contributed by atoms with van der Waals surface area (Å²) in [6.45, 7) is 2.06. The zero-order chi connectivity index (χ0) is 17.1. The summed E-state index contributed by atoms with van der Waals surface area (Å²) in [5, 5.41) is 14.5. The molecule has 1 atom stereocenters. The minimum atomic E-state index is -0.690. The maximum Gasteiger partial charge on any atom is 0.344 e. The first-order valence-corrected chi connectivity index (χ1v) is 8.46. The van der Waals surface area contributed by atoms with E-state index in [1.807, 2.05) is 0 Å². The molecule has 1 saturated carbocycles. The molecular weight excluding hydrogens is 310 g/mol. The van der Waals surface area contributed by atoms with Gasteiger partial charge >= 0.3 is 5.97 Å². The summed E-state index contributed by atoms with van der Waals surface area (Å²) in [5.74, 6) is -0.690. The number of esters is 1. The Morgan fingerprint density at radius 2 is 2.08 bits per heavy atom. The Balaban J connectivity index is 1.69. The van der Waals surface area contributed by atoms with Crippen LogP contribution in [0, 0.1) is 10.1 Å². The topological polar surface area (TPSA) is 84.7 Å². The van der Waals surface area contributed by atoms with E-state index in [1.165, 1.54) is 44.9 Å². The lowest BCUT2D eigenvalue weighted by molar-refractivity contribution is -0.385. The van der Waals surface area contributed by atoms with Crippen LogP contribution in [-0.2, 0) is 4.74 Å². The van der Waals surface area contributed by atoms with Gasteiger partial charge in [-0.05, 0) is 31.4 Å². The van der Waals surface area contributed by atoms with Crippen LogP contribution in [0.15, 0.2) is 18.2 Å². The number of anilines is 1. The van der Waals surface area contributed by atoms with E-state index in [0.29, 0.717) is 12.1 Å². The van der Waals surface area contributed by atoms with Gasteiger partial charge in [0.15, 0.2) is 0 Å². The number of carbonyl (C=O) groups excluding carboxylic acids is 1. The van der Waals surface area contributed by atoms with Gasteiger partial charge in [-0.15, -0.1) is 0 Å². The van der Waals surface area contributed by atoms with Gasteiger partial charge in [-0.25, -0.2) is 4.79 Å². The number of hydrogen-bond donors (Lipinski definition) is 1. The van der Waals surface area contributed by atoms with Crippen molar-refractivity contribution in [3.05, 3.63) is 33.9 Å². The molecule has 0 aromatic heterocycles. The average molecular weight is 333 g/mol. The van der Waals surface area contributed by atoms with Gasteiger partial charge in [-0.1, -0.05) is 12.8 Å². The quantitative estimate of drug-likeness (QED) is 0.507. The summed E-state index contributed by atoms with van der Waals surface area (Å²) < 4.78 is 4.66. The van der Waals surface area contributed by atoms with E-state index in [0.717, 1.165) is 25.2 Å². The first-order chi connectivity index (χ1) is 11.6. The van der Waals surface area contributed by atoms with Crippen molar-refractivity contribution in [3.8, 4) is 0 Å². The van der Waals surface area contributed by atoms with Crippen LogP contribution in [0.5, 0.6) is 0 Å². The lowest BCUT2D eigenvalue weighted by atomic mass is 10.1. The molecule has 1 aliphatic carbocycles. The summed E-state index contributed by atoms with van der Waals surface area (Å²) in [5.41, 5.74) is 0.476. The summed E-state index contributed by atoms with van der Waals surface area (Å²) in [6.07, 6.45) is 6.27. The first kappa shape index (κ1) is 16.7. The fourth-order valence-corrected chi connectivity index (χ4v) is 3.80. The zero-order valence-corrected chi connectivity index (χ0v) is 13.9. The Morgan fingerprint density at radius 1 is 1.33 bits per heavy atom. The maximum absolute atomic E-state index is 11.8. The van der Waals surface area contributed by atoms with Gasteiger partial charge in [0.05, 0.1) is 12.0 Å². The Morgan fingerprint density at radius 3 is 2.75 bits per heavy atom. The van der Waals surface area contributed by atoms with E-state index in [-0.39, 0.29) is 11.3 Å². The van der Waals surface area contributed by atoms with Crippen molar-refractivity contribution in [3.63, 3.8) is 0 Å². The average Bonchev–Trinajstić information content (AvgIpc) is 3.25. The molecule has 2 aliphatic rings. The third kappa shape index (κ3) is 3.51. The van der Waals surface area contributed by atoms with Crippen LogP contribution in [0.3, 0.4) is 0 Å². The van der Waals surface area contributed by atoms with Crippen molar-refractivity contribution in [2.75, 3.05) is 25.5 Å². The predicted molar refractivity (Wildman–Crippen MR) is 90.3 cm³/mol. The number of nitrogens with one attached hydrogen (secondary N) is 1. The smallest absolute Gasteiger partial charge is 0.344 e. The molecular formula is C17H23N3O4. The highest BCUT2D eigenvalue weighted by Gasteiger charge is 2.30. The van der Waals surface area contributed by atoms with Gasteiger partial charge in [0.25, 0.3) is 5.69 Å². The molecule has 2 fully saturated rings. The number of carbonyl (C=O) groups is 1. The molecule has 1 aliphatic heterocycles. The number of hydrogen-bond acceptors (Lipinski definition) is 6. The SMILES string of the molecule is COC(=O)c1cc(NC2CCN(C3CCCC3)C2)ccc1[N+](=O)[O-]. The first-order valence-electron chi connectivity index (χ1n) is 8.46. The second kappa shape index (κ2) is 7.17. The predicted octanol–water partition coefficient (Wildman–Crippen LogP) is 2.81. The molecule has 130 valence electrons. The molecule has 1 unspecified atom stereocenters. The Kier molecular flexibility index (Phi) is 4.99. The standard InChI is InChI=1S/C17H23N3O4/c1-24-17(21)15-10-12(6-7-16(15)20(22)23)18-13-8-9-19(11-13)14-4-2-3-5-14/h6-7,10,13-14,18H,2-5,8-9,11H2,1H3. The van der Waals surface area contributed by atoms with Gasteiger partial charge in [0.1, 0.15) is 5.56 Å². The van der Waals surface area contributed by atoms with Crippen LogP contribution >= 0.6 is 0 Å². The zero-order valence-electron chi connectivity index (χ0n) is 13.9. The van der Waals surface area contributed by atoms with Crippen LogP contribution in [0.2, 0.25) is 0 Å². The molecule has 1 heterocycles. The minimum absolute atomic E-state index is 0.0156. The molecule has 3 rings (SSSR count). The second-order valence-corrected chi connectivity index (χ2v) is 6.54. The highest BCUT2D eigenvalue weighted by atomic mass is 16.6. The Bertz CT molecular complexity index is 628. The molecule has 24 heavy (non-hydrogen) atoms. The molecule has 1 saturated heterocycles. The Hall–Kier alpha value is -2.15. The normalized spacial score (nSPS) is 21.8. The number of benzene rings is 1. The summed E-state index contributed by atoms with van der Waals surface area (Å²) in [6, 6.07) is 5.54. The van der Waals surface area contributed by atoms with E-state index in [4.69, 9.17) is 0 Å². The van der Waals surface area contributed by atoms with Crippen molar-refractivity contribution in [2.45, 2.75) is 44.2 Å². The van der Waals surface area contributed by atoms with Crippen molar-refractivity contribution in [2.24, 2.45) is 0 Å². The van der Waals surface area contributed by atoms with Crippen LogP contribution < -0.4 is 5.32 Å². The fourth-order valence-electron chi connectivity index (χ4n) is 3.80. The van der Waals surface area contributed by atoms with Gasteiger partial charge in [-0.2, -0.15) is 0 Å². The molecule has 1 N–H and O–H groups in total. The van der Waals surface area contributed by atoms with E-state index in [1.54, 1.807) is 6.07 Å². The van der Waals surface area contributed by atoms with Crippen molar-refractivity contribution >= 4 is 17.3 Å². The minimum Gasteiger partial charge on any atom is -0.465 e. The molecule has 0 amide bonds. The summed E-state index contributed by atoms with van der Waals surface area (Å²) in [7, 11) is 1.22. The molecule has 0 bridgehead atoms. The van der Waals surface area contributed by atoms with Gasteiger partial charge < -0.3 is 10.1 Å². The van der Waals surface area contributed by atoms with E-state index in [9.17, 15) is 14.9 Å². The number of nitro benzene ring substituents is 1. The van der Waals surface area contributed by atoms with Crippen LogP contribution in [0.25, 0.3) is 0 Å². The number of methoxy groups -OCH3 is 1. The number of nitrogens with zero attached hydrogens (tertiary/aromatic N) is 2. The van der Waals surface area contributed by atoms with E-state index < -0.39 is 10.9 Å². The van der Waals surface area contributed by atoms with Crippen LogP contribution in [-0.4, -0.2) is 48.1 Å². The molecule has 0 spiro atoms. The van der Waals surface area contributed by atoms with E-state index in [2.05, 4.69) is 15.0 Å². The number of likely N-dealkylation sites (tertiary alicyclic amines) is 1. The van der Waals surface area contributed by atoms with Gasteiger partial charge in [0.2, 0.25) is 0 Å². The third-order valence-electron chi connectivity index (χ3n) is 5.03. The number of ether oxygens (including phenoxy) is 1. The molecule has 7 heteroatoms. The molecule has 1 aromatic carbocycles. The largest absolute Gasteiger partial charge is 0.465 e. The number of nitro groups is 1. The highest BCUT2D eigenvalue weighted by Crippen LogP contribution is 2.29. The maximum atomic E-state index is 11.8. The van der Waals surface area contributed by atoms with Crippen LogP contribution in [0.4, 0.5) is 11.4 Å². The monoisotopic (exact) mass is 333 g/mol. The Labute approximate surface area is 141 Å². The highest BCUT2D eigenvalue weighted by molar-refractivity contribution is 5.95. The molecule has 0 radical (unpaired) electrons. The van der Waals surface area contributed by atoms with Gasteiger partial charge in [-0.3, -0.25) is 15.0 Å². The fraction of sp³-hybridized carbons (Fsp3) is 0.588. The third-order valence-corrected chi connectivity index (χ3v) is 5.03. The summed E-state index contributed by atoms with van der Waals surface area (Å²) in [4.78, 5) is 24.8. The van der Waals surface area contributed by atoms with E-state index >= 15 is 0 Å². The summed E-state index contributed by atoms with van der Waals surface area (Å²) >= 11 is 0. The van der Waals surface area contributed by atoms with Crippen molar-refractivity contribution < 1.29 is 14.5 Å². The molecule has 7 nitrogen and oxygen atoms in total. The van der Waals surface area contributed by atoms with Gasteiger partial charge in [0, 0.05) is 36.9 Å². The van der Waals surface area contributed by atoms with Crippen LogP contribution in [0.1, 0.15) is 42.5 Å². The molecule has 1 aromatic rings. The second-order valence-electron chi connectivity index (χ2n) is 6.54. The lowest BCUT2D eigenvalue weighted by Crippen LogP contribution is -2.33.